The van der Waals surface area contributed by atoms with Gasteiger partial charge in [-0.25, -0.2) is 9.38 Å². The van der Waals surface area contributed by atoms with E-state index in [-0.39, 0.29) is 18.5 Å². The van der Waals surface area contributed by atoms with Crippen molar-refractivity contribution in [1.82, 2.24) is 5.32 Å². The number of hydrogen-bond acceptors (Lipinski definition) is 5. The summed E-state index contributed by atoms with van der Waals surface area (Å²) >= 11 is 1.23. The number of halogens is 1. The van der Waals surface area contributed by atoms with Crippen LogP contribution < -0.4 is 14.8 Å². The highest BCUT2D eigenvalue weighted by molar-refractivity contribution is 8.18. The van der Waals surface area contributed by atoms with Gasteiger partial charge in [-0.3, -0.25) is 4.79 Å². The molecule has 0 bridgehead atoms. The predicted octanol–water partition coefficient (Wildman–Crippen LogP) is 3.45. The highest BCUT2D eigenvalue weighted by Crippen LogP contribution is 2.34. The summed E-state index contributed by atoms with van der Waals surface area (Å²) in [6, 6.07) is 11.2. The summed E-state index contributed by atoms with van der Waals surface area (Å²) in [5.74, 6) is 0.802. The third-order valence-electron chi connectivity index (χ3n) is 3.40. The summed E-state index contributed by atoms with van der Waals surface area (Å²) in [5, 5.41) is 3.15. The van der Waals surface area contributed by atoms with Gasteiger partial charge in [0.25, 0.3) is 5.91 Å². The number of fused-ring (bicyclic) bond motifs is 1. The summed E-state index contributed by atoms with van der Waals surface area (Å²) in [6.07, 6.45) is 1.76. The van der Waals surface area contributed by atoms with Crippen LogP contribution in [-0.2, 0) is 4.79 Å². The number of benzene rings is 2. The van der Waals surface area contributed by atoms with Crippen LogP contribution in [0.15, 0.2) is 52.4 Å². The topological polar surface area (TPSA) is 59.9 Å². The molecule has 24 heavy (non-hydrogen) atoms. The fourth-order valence-electron chi connectivity index (χ4n) is 2.27. The Kier molecular flexibility index (Phi) is 3.70. The third kappa shape index (κ3) is 2.98. The zero-order valence-electron chi connectivity index (χ0n) is 12.3. The Bertz CT molecular complexity index is 878. The zero-order chi connectivity index (χ0) is 16.5. The molecule has 0 spiro atoms. The number of amides is 1. The van der Waals surface area contributed by atoms with Crippen LogP contribution in [0.2, 0.25) is 0 Å². The number of carbonyl (C=O) groups is 1. The van der Waals surface area contributed by atoms with E-state index in [1.165, 1.54) is 23.9 Å². The zero-order valence-corrected chi connectivity index (χ0v) is 13.1. The first-order chi connectivity index (χ1) is 11.7. The Hall–Kier alpha value is -2.80. The highest BCUT2D eigenvalue weighted by Gasteiger charge is 2.24. The Morgan fingerprint density at radius 2 is 1.92 bits per heavy atom. The number of aliphatic imine (C=N–C) groups is 1. The van der Waals surface area contributed by atoms with Gasteiger partial charge in [0, 0.05) is 0 Å². The lowest BCUT2D eigenvalue weighted by atomic mass is 10.2. The maximum atomic E-state index is 12.9. The lowest BCUT2D eigenvalue weighted by molar-refractivity contribution is -0.115. The molecule has 0 unspecified atom stereocenters. The molecule has 2 aliphatic rings. The minimum atomic E-state index is -0.328. The largest absolute Gasteiger partial charge is 0.454 e. The number of ether oxygens (including phenoxy) is 2. The van der Waals surface area contributed by atoms with Gasteiger partial charge in [0.1, 0.15) is 5.82 Å². The Labute approximate surface area is 141 Å². The lowest BCUT2D eigenvalue weighted by Gasteiger charge is -1.98. The van der Waals surface area contributed by atoms with Crippen LogP contribution in [0, 0.1) is 5.82 Å². The van der Waals surface area contributed by atoms with E-state index in [9.17, 15) is 9.18 Å². The van der Waals surface area contributed by atoms with Gasteiger partial charge < -0.3 is 14.8 Å². The predicted molar refractivity (Wildman–Crippen MR) is 89.8 cm³/mol. The standard InChI is InChI=1S/C17H11FN2O3S/c18-11-2-4-12(5-3-11)19-17-20-16(21)15(24-17)8-10-1-6-13-14(7-10)23-9-22-13/h1-8H,9H2,(H,19,20,21)/b15-8+. The molecule has 2 heterocycles. The second kappa shape index (κ2) is 6.01. The average Bonchev–Trinajstić information content (AvgIpc) is 3.16. The molecule has 0 aliphatic carbocycles. The second-order valence-electron chi connectivity index (χ2n) is 5.07. The summed E-state index contributed by atoms with van der Waals surface area (Å²) in [7, 11) is 0. The van der Waals surface area contributed by atoms with Crippen molar-refractivity contribution < 1.29 is 18.7 Å². The van der Waals surface area contributed by atoms with Crippen molar-refractivity contribution in [3.63, 3.8) is 0 Å². The number of nitrogens with one attached hydrogen (secondary N) is 1. The number of thioether (sulfide) groups is 1. The van der Waals surface area contributed by atoms with Gasteiger partial charge in [-0.15, -0.1) is 0 Å². The molecule has 0 atom stereocenters. The lowest BCUT2D eigenvalue weighted by Crippen LogP contribution is -2.19. The van der Waals surface area contributed by atoms with Gasteiger partial charge in [-0.2, -0.15) is 0 Å². The van der Waals surface area contributed by atoms with Gasteiger partial charge in [0.2, 0.25) is 6.79 Å². The second-order valence-corrected chi connectivity index (χ2v) is 6.10. The van der Waals surface area contributed by atoms with Gasteiger partial charge in [-0.1, -0.05) is 6.07 Å². The van der Waals surface area contributed by atoms with Crippen LogP contribution in [0.4, 0.5) is 10.1 Å². The van der Waals surface area contributed by atoms with Crippen molar-refractivity contribution in [2.75, 3.05) is 6.79 Å². The number of rotatable bonds is 2. The molecule has 1 saturated heterocycles. The molecular weight excluding hydrogens is 331 g/mol. The van der Waals surface area contributed by atoms with Gasteiger partial charge in [-0.05, 0) is 59.8 Å². The van der Waals surface area contributed by atoms with E-state index >= 15 is 0 Å². The first-order valence-corrected chi connectivity index (χ1v) is 7.94. The normalized spacial score (nSPS) is 19.1. The molecule has 1 fully saturated rings. The molecule has 2 aromatic rings. The van der Waals surface area contributed by atoms with E-state index in [2.05, 4.69) is 10.3 Å². The van der Waals surface area contributed by atoms with Crippen LogP contribution in [-0.4, -0.2) is 17.9 Å². The van der Waals surface area contributed by atoms with E-state index in [0.29, 0.717) is 27.3 Å². The fourth-order valence-corrected chi connectivity index (χ4v) is 3.11. The first kappa shape index (κ1) is 14.8. The first-order valence-electron chi connectivity index (χ1n) is 7.12. The molecule has 0 radical (unpaired) electrons. The van der Waals surface area contributed by atoms with Crippen molar-refractivity contribution in [3.8, 4) is 11.5 Å². The van der Waals surface area contributed by atoms with Crippen molar-refractivity contribution in [2.24, 2.45) is 4.99 Å². The molecule has 0 saturated carbocycles. The van der Waals surface area contributed by atoms with Crippen LogP contribution in [0.25, 0.3) is 6.08 Å². The maximum absolute atomic E-state index is 12.9. The quantitative estimate of drug-likeness (QED) is 0.849. The Morgan fingerprint density at radius 3 is 2.75 bits per heavy atom. The van der Waals surface area contributed by atoms with Crippen molar-refractivity contribution in [1.29, 1.82) is 0 Å². The molecule has 1 amide bonds. The smallest absolute Gasteiger partial charge is 0.264 e. The van der Waals surface area contributed by atoms with E-state index in [0.717, 1.165) is 5.56 Å². The van der Waals surface area contributed by atoms with Crippen molar-refractivity contribution in [2.45, 2.75) is 0 Å². The number of amidine groups is 1. The molecule has 7 heteroatoms. The summed E-state index contributed by atoms with van der Waals surface area (Å²) in [6.45, 7) is 0.207. The summed E-state index contributed by atoms with van der Waals surface area (Å²) in [4.78, 5) is 16.9. The van der Waals surface area contributed by atoms with Crippen LogP contribution in [0.1, 0.15) is 5.56 Å². The van der Waals surface area contributed by atoms with E-state index in [1.54, 1.807) is 24.3 Å². The molecule has 0 aromatic heterocycles. The summed E-state index contributed by atoms with van der Waals surface area (Å²) < 4.78 is 23.5. The minimum absolute atomic E-state index is 0.207. The average molecular weight is 342 g/mol. The van der Waals surface area contributed by atoms with Gasteiger partial charge in [0.15, 0.2) is 16.7 Å². The highest BCUT2D eigenvalue weighted by atomic mass is 32.2. The molecule has 2 aromatic carbocycles. The van der Waals surface area contributed by atoms with Crippen LogP contribution in [0.3, 0.4) is 0 Å². The summed E-state index contributed by atoms with van der Waals surface area (Å²) in [5.41, 5.74) is 1.41. The van der Waals surface area contributed by atoms with E-state index < -0.39 is 0 Å². The number of nitrogens with zero attached hydrogens (tertiary/aromatic N) is 1. The van der Waals surface area contributed by atoms with Crippen molar-refractivity contribution in [3.05, 3.63) is 58.8 Å². The van der Waals surface area contributed by atoms with Gasteiger partial charge >= 0.3 is 0 Å². The van der Waals surface area contributed by atoms with E-state index in [4.69, 9.17) is 9.47 Å². The fraction of sp³-hybridized carbons (Fsp3) is 0.0588. The molecule has 2 aliphatic heterocycles. The van der Waals surface area contributed by atoms with Crippen molar-refractivity contribution >= 4 is 34.6 Å². The number of carbonyl (C=O) groups excluding carboxylic acids is 1. The van der Waals surface area contributed by atoms with E-state index in [1.807, 2.05) is 12.1 Å². The molecule has 5 nitrogen and oxygen atoms in total. The molecular formula is C17H11FN2O3S. The van der Waals surface area contributed by atoms with Crippen LogP contribution in [0.5, 0.6) is 11.5 Å². The number of hydrogen-bond donors (Lipinski definition) is 1. The third-order valence-corrected chi connectivity index (χ3v) is 4.31. The SMILES string of the molecule is O=C1NC(=Nc2ccc(F)cc2)S/C1=C/c1ccc2c(c1)OCO2. The Balaban J connectivity index is 1.56. The maximum Gasteiger partial charge on any atom is 0.264 e. The van der Waals surface area contributed by atoms with Gasteiger partial charge in [0.05, 0.1) is 10.6 Å². The molecule has 4 rings (SSSR count). The molecule has 1 N–H and O–H groups in total. The Morgan fingerprint density at radius 1 is 1.12 bits per heavy atom. The monoisotopic (exact) mass is 342 g/mol. The minimum Gasteiger partial charge on any atom is -0.454 e. The van der Waals surface area contributed by atoms with Crippen LogP contribution >= 0.6 is 11.8 Å². The molecule has 120 valence electrons.